The van der Waals surface area contributed by atoms with Crippen LogP contribution in [0.3, 0.4) is 0 Å². The molecule has 2 aliphatic rings. The Hall–Kier alpha value is -2.78. The number of fused-ring (bicyclic) bond motifs is 2. The van der Waals surface area contributed by atoms with Crippen molar-refractivity contribution in [3.05, 3.63) is 42.0 Å². The molecule has 28 heavy (non-hydrogen) atoms. The van der Waals surface area contributed by atoms with Gasteiger partial charge in [-0.25, -0.2) is 13.1 Å². The van der Waals surface area contributed by atoms with E-state index in [1.54, 1.807) is 35.2 Å². The number of amides is 1. The number of benzene rings is 2. The lowest BCUT2D eigenvalue weighted by Gasteiger charge is -2.15. The second-order valence-electron chi connectivity index (χ2n) is 6.47. The summed E-state index contributed by atoms with van der Waals surface area (Å²) in [6.45, 7) is 2.55. The summed E-state index contributed by atoms with van der Waals surface area (Å²) in [6, 6.07) is 10.0. The standard InChI is InChI=1S/C19H20N2O6S/c1-13(22)21-8-6-14-10-16(3-4-17(14)21)28(23,24)20-7-9-25-15-2-5-18-19(11-15)27-12-26-18/h2-5,10-11,20H,6-9,12H2,1H3. The smallest absolute Gasteiger partial charge is 0.240 e. The van der Waals surface area contributed by atoms with Crippen molar-refractivity contribution in [3.8, 4) is 17.2 Å². The molecular formula is C19H20N2O6S. The number of carbonyl (C=O) groups is 1. The lowest BCUT2D eigenvalue weighted by Crippen LogP contribution is -2.28. The van der Waals surface area contributed by atoms with Gasteiger partial charge in [-0.2, -0.15) is 0 Å². The fraction of sp³-hybridized carbons (Fsp3) is 0.316. The normalized spacial score (nSPS) is 14.8. The summed E-state index contributed by atoms with van der Waals surface area (Å²) in [7, 11) is -3.66. The molecule has 9 heteroatoms. The van der Waals surface area contributed by atoms with E-state index in [0.717, 1.165) is 11.3 Å². The summed E-state index contributed by atoms with van der Waals surface area (Å²) in [5, 5.41) is 0. The minimum absolute atomic E-state index is 0.0480. The monoisotopic (exact) mass is 404 g/mol. The largest absolute Gasteiger partial charge is 0.492 e. The highest BCUT2D eigenvalue weighted by Crippen LogP contribution is 2.35. The number of carbonyl (C=O) groups excluding carboxylic acids is 1. The topological polar surface area (TPSA) is 94.2 Å². The molecule has 148 valence electrons. The van der Waals surface area contributed by atoms with Crippen molar-refractivity contribution < 1.29 is 27.4 Å². The predicted molar refractivity (Wildman–Crippen MR) is 101 cm³/mol. The second-order valence-corrected chi connectivity index (χ2v) is 8.24. The Morgan fingerprint density at radius 3 is 2.82 bits per heavy atom. The van der Waals surface area contributed by atoms with Crippen molar-refractivity contribution in [1.82, 2.24) is 4.72 Å². The fourth-order valence-corrected chi connectivity index (χ4v) is 4.33. The first kappa shape index (κ1) is 18.6. The van der Waals surface area contributed by atoms with Crippen LogP contribution in [0.4, 0.5) is 5.69 Å². The lowest BCUT2D eigenvalue weighted by molar-refractivity contribution is -0.116. The summed E-state index contributed by atoms with van der Waals surface area (Å²) in [6.07, 6.45) is 0.644. The van der Waals surface area contributed by atoms with Crippen LogP contribution in [-0.4, -0.2) is 40.8 Å². The zero-order chi connectivity index (χ0) is 19.7. The van der Waals surface area contributed by atoms with E-state index in [1.165, 1.54) is 13.0 Å². The maximum absolute atomic E-state index is 12.5. The number of nitrogens with zero attached hydrogens (tertiary/aromatic N) is 1. The molecule has 0 atom stereocenters. The summed E-state index contributed by atoms with van der Waals surface area (Å²) in [4.78, 5) is 13.4. The van der Waals surface area contributed by atoms with Gasteiger partial charge in [-0.05, 0) is 42.3 Å². The van der Waals surface area contributed by atoms with Gasteiger partial charge < -0.3 is 19.1 Å². The van der Waals surface area contributed by atoms with Gasteiger partial charge in [-0.3, -0.25) is 4.79 Å². The number of sulfonamides is 1. The molecule has 8 nitrogen and oxygen atoms in total. The van der Waals surface area contributed by atoms with Crippen molar-refractivity contribution in [3.63, 3.8) is 0 Å². The minimum atomic E-state index is -3.66. The average molecular weight is 404 g/mol. The number of nitrogens with one attached hydrogen (secondary N) is 1. The van der Waals surface area contributed by atoms with E-state index in [0.29, 0.717) is 30.2 Å². The maximum atomic E-state index is 12.5. The Morgan fingerprint density at radius 2 is 2.00 bits per heavy atom. The predicted octanol–water partition coefficient (Wildman–Crippen LogP) is 1.68. The summed E-state index contributed by atoms with van der Waals surface area (Å²) < 4.78 is 43.7. The SMILES string of the molecule is CC(=O)N1CCc2cc(S(=O)(=O)NCCOc3ccc4c(c3)OCO4)ccc21. The number of rotatable bonds is 6. The Kier molecular flexibility index (Phi) is 4.86. The van der Waals surface area contributed by atoms with Crippen molar-refractivity contribution in [2.24, 2.45) is 0 Å². The molecule has 0 spiro atoms. The summed E-state index contributed by atoms with van der Waals surface area (Å²) in [5.74, 6) is 1.79. The number of hydrogen-bond acceptors (Lipinski definition) is 6. The molecule has 0 unspecified atom stereocenters. The van der Waals surface area contributed by atoms with Crippen LogP contribution in [-0.2, 0) is 21.2 Å². The third kappa shape index (κ3) is 3.63. The van der Waals surface area contributed by atoms with Crippen LogP contribution in [0.2, 0.25) is 0 Å². The molecule has 0 bridgehead atoms. The van der Waals surface area contributed by atoms with E-state index in [-0.39, 0.29) is 30.7 Å². The highest BCUT2D eigenvalue weighted by atomic mass is 32.2. The molecule has 0 aromatic heterocycles. The van der Waals surface area contributed by atoms with Crippen molar-refractivity contribution in [1.29, 1.82) is 0 Å². The van der Waals surface area contributed by atoms with Gasteiger partial charge in [-0.15, -0.1) is 0 Å². The zero-order valence-corrected chi connectivity index (χ0v) is 16.1. The Morgan fingerprint density at radius 1 is 1.18 bits per heavy atom. The van der Waals surface area contributed by atoms with Crippen LogP contribution in [0.1, 0.15) is 12.5 Å². The first-order valence-electron chi connectivity index (χ1n) is 8.87. The van der Waals surface area contributed by atoms with Gasteiger partial charge in [0.25, 0.3) is 0 Å². The van der Waals surface area contributed by atoms with Crippen LogP contribution in [0.25, 0.3) is 0 Å². The average Bonchev–Trinajstić information content (AvgIpc) is 3.30. The molecule has 0 radical (unpaired) electrons. The van der Waals surface area contributed by atoms with Crippen LogP contribution < -0.4 is 23.8 Å². The van der Waals surface area contributed by atoms with E-state index in [2.05, 4.69) is 4.72 Å². The van der Waals surface area contributed by atoms with Gasteiger partial charge in [0.15, 0.2) is 11.5 Å². The fourth-order valence-electron chi connectivity index (χ4n) is 3.27. The maximum Gasteiger partial charge on any atom is 0.240 e. The molecule has 0 aliphatic carbocycles. The van der Waals surface area contributed by atoms with Crippen molar-refractivity contribution >= 4 is 21.6 Å². The third-order valence-electron chi connectivity index (χ3n) is 4.64. The highest BCUT2D eigenvalue weighted by Gasteiger charge is 2.24. The number of ether oxygens (including phenoxy) is 3. The van der Waals surface area contributed by atoms with E-state index in [9.17, 15) is 13.2 Å². The second kappa shape index (κ2) is 7.33. The van der Waals surface area contributed by atoms with Crippen LogP contribution in [0.15, 0.2) is 41.3 Å². The first-order valence-corrected chi connectivity index (χ1v) is 10.4. The first-order chi connectivity index (χ1) is 13.4. The van der Waals surface area contributed by atoms with Gasteiger partial charge in [0.05, 0.1) is 4.90 Å². The Balaban J connectivity index is 1.35. The number of hydrogen-bond donors (Lipinski definition) is 1. The van der Waals surface area contributed by atoms with Crippen LogP contribution >= 0.6 is 0 Å². The highest BCUT2D eigenvalue weighted by molar-refractivity contribution is 7.89. The minimum Gasteiger partial charge on any atom is -0.492 e. The Bertz CT molecular complexity index is 1020. The molecular weight excluding hydrogens is 384 g/mol. The molecule has 2 heterocycles. The molecule has 0 saturated carbocycles. The van der Waals surface area contributed by atoms with Crippen molar-refractivity contribution in [2.75, 3.05) is 31.4 Å². The zero-order valence-electron chi connectivity index (χ0n) is 15.3. The number of anilines is 1. The van der Waals surface area contributed by atoms with E-state index >= 15 is 0 Å². The van der Waals surface area contributed by atoms with Crippen LogP contribution in [0.5, 0.6) is 17.2 Å². The molecule has 1 amide bonds. The van der Waals surface area contributed by atoms with Gasteiger partial charge in [-0.1, -0.05) is 0 Å². The molecule has 2 aromatic carbocycles. The quantitative estimate of drug-likeness (QED) is 0.737. The van der Waals surface area contributed by atoms with Gasteiger partial charge in [0.2, 0.25) is 22.7 Å². The van der Waals surface area contributed by atoms with Gasteiger partial charge in [0.1, 0.15) is 12.4 Å². The lowest BCUT2D eigenvalue weighted by atomic mass is 10.2. The summed E-state index contributed by atoms with van der Waals surface area (Å²) >= 11 is 0. The van der Waals surface area contributed by atoms with E-state index < -0.39 is 10.0 Å². The van der Waals surface area contributed by atoms with E-state index in [1.807, 2.05) is 0 Å². The molecule has 4 rings (SSSR count). The Labute approximate surface area is 163 Å². The van der Waals surface area contributed by atoms with Crippen LogP contribution in [0, 0.1) is 0 Å². The molecule has 0 saturated heterocycles. The van der Waals surface area contributed by atoms with Gasteiger partial charge in [0, 0.05) is 31.8 Å². The molecule has 1 N–H and O–H groups in total. The summed E-state index contributed by atoms with van der Waals surface area (Å²) in [5.41, 5.74) is 1.63. The third-order valence-corrected chi connectivity index (χ3v) is 6.10. The molecule has 2 aliphatic heterocycles. The van der Waals surface area contributed by atoms with Gasteiger partial charge >= 0.3 is 0 Å². The molecule has 2 aromatic rings. The van der Waals surface area contributed by atoms with Crippen molar-refractivity contribution in [2.45, 2.75) is 18.2 Å². The van der Waals surface area contributed by atoms with E-state index in [4.69, 9.17) is 14.2 Å². The molecule has 0 fully saturated rings.